The van der Waals surface area contributed by atoms with Gasteiger partial charge in [-0.3, -0.25) is 9.59 Å². The largest absolute Gasteiger partial charge is 0.337 e. The monoisotopic (exact) mass is 367 g/mol. The van der Waals surface area contributed by atoms with Crippen molar-refractivity contribution in [1.82, 2.24) is 24.6 Å². The van der Waals surface area contributed by atoms with Gasteiger partial charge in [-0.2, -0.15) is 4.98 Å². The lowest BCUT2D eigenvalue weighted by molar-refractivity contribution is 0.0708. The van der Waals surface area contributed by atoms with Crippen LogP contribution in [0.2, 0.25) is 0 Å². The topological polar surface area (TPSA) is 94.1 Å². The fourth-order valence-electron chi connectivity index (χ4n) is 3.62. The van der Waals surface area contributed by atoms with Crippen LogP contribution in [0.1, 0.15) is 53.6 Å². The van der Waals surface area contributed by atoms with Crippen molar-refractivity contribution in [3.63, 3.8) is 0 Å². The molecule has 4 heterocycles. The number of aromatic nitrogens is 4. The minimum atomic E-state index is -0.303. The SMILES string of the molecule is CCn1cc(C(=O)N2CCCC2c2nc(C)no2)c(=O)c2ccc(C)nc21. The van der Waals surface area contributed by atoms with Crippen molar-refractivity contribution in [2.75, 3.05) is 6.54 Å². The highest BCUT2D eigenvalue weighted by molar-refractivity contribution is 5.97. The molecule has 0 aromatic carbocycles. The van der Waals surface area contributed by atoms with E-state index in [0.29, 0.717) is 35.8 Å². The third-order valence-electron chi connectivity index (χ3n) is 4.97. The number of hydrogen-bond acceptors (Lipinski definition) is 6. The van der Waals surface area contributed by atoms with Crippen molar-refractivity contribution < 1.29 is 9.32 Å². The number of amides is 1. The van der Waals surface area contributed by atoms with Crippen LogP contribution in [0.3, 0.4) is 0 Å². The lowest BCUT2D eigenvalue weighted by Crippen LogP contribution is -2.34. The van der Waals surface area contributed by atoms with Gasteiger partial charge >= 0.3 is 0 Å². The maximum Gasteiger partial charge on any atom is 0.260 e. The number of carbonyl (C=O) groups is 1. The van der Waals surface area contributed by atoms with E-state index < -0.39 is 0 Å². The van der Waals surface area contributed by atoms with E-state index in [1.54, 1.807) is 30.2 Å². The molecule has 0 radical (unpaired) electrons. The predicted molar refractivity (Wildman–Crippen MR) is 98.5 cm³/mol. The van der Waals surface area contributed by atoms with Gasteiger partial charge in [0.15, 0.2) is 5.82 Å². The van der Waals surface area contributed by atoms with Crippen LogP contribution in [0.25, 0.3) is 11.0 Å². The summed E-state index contributed by atoms with van der Waals surface area (Å²) in [5.74, 6) is 0.653. The highest BCUT2D eigenvalue weighted by atomic mass is 16.5. The minimum absolute atomic E-state index is 0.151. The first-order chi connectivity index (χ1) is 13.0. The average Bonchev–Trinajstić information content (AvgIpc) is 3.30. The van der Waals surface area contributed by atoms with E-state index in [0.717, 1.165) is 18.5 Å². The first-order valence-electron chi connectivity index (χ1n) is 9.11. The van der Waals surface area contributed by atoms with Gasteiger partial charge in [-0.05, 0) is 45.7 Å². The molecular weight excluding hydrogens is 346 g/mol. The van der Waals surface area contributed by atoms with E-state index in [-0.39, 0.29) is 22.9 Å². The Bertz CT molecular complexity index is 1080. The van der Waals surface area contributed by atoms with Crippen molar-refractivity contribution >= 4 is 16.9 Å². The van der Waals surface area contributed by atoms with Gasteiger partial charge in [0.25, 0.3) is 5.91 Å². The molecule has 140 valence electrons. The zero-order valence-electron chi connectivity index (χ0n) is 15.6. The molecule has 27 heavy (non-hydrogen) atoms. The first kappa shape index (κ1) is 17.4. The second-order valence-corrected chi connectivity index (χ2v) is 6.82. The minimum Gasteiger partial charge on any atom is -0.337 e. The standard InChI is InChI=1S/C19H21N5O3/c1-4-23-10-14(16(25)13-8-7-11(2)20-17(13)23)19(26)24-9-5-6-15(24)18-21-12(3)22-27-18/h7-8,10,15H,4-6,9H2,1-3H3. The maximum absolute atomic E-state index is 13.2. The Morgan fingerprint density at radius 2 is 2.11 bits per heavy atom. The predicted octanol–water partition coefficient (Wildman–Crippen LogP) is 2.39. The van der Waals surface area contributed by atoms with Crippen LogP contribution in [-0.2, 0) is 6.54 Å². The molecule has 0 spiro atoms. The molecule has 1 unspecified atom stereocenters. The average molecular weight is 367 g/mol. The van der Waals surface area contributed by atoms with Crippen molar-refractivity contribution in [3.8, 4) is 0 Å². The lowest BCUT2D eigenvalue weighted by Gasteiger charge is -2.22. The summed E-state index contributed by atoms with van der Waals surface area (Å²) in [5, 5.41) is 4.28. The molecule has 1 atom stereocenters. The van der Waals surface area contributed by atoms with Gasteiger partial charge in [-0.15, -0.1) is 0 Å². The molecule has 8 nitrogen and oxygen atoms in total. The number of pyridine rings is 2. The number of likely N-dealkylation sites (tertiary alicyclic amines) is 1. The number of fused-ring (bicyclic) bond motifs is 1. The van der Waals surface area contributed by atoms with E-state index in [9.17, 15) is 9.59 Å². The molecule has 3 aromatic heterocycles. The summed E-state index contributed by atoms with van der Waals surface area (Å²) in [6, 6.07) is 3.24. The highest BCUT2D eigenvalue weighted by Crippen LogP contribution is 2.32. The maximum atomic E-state index is 13.2. The van der Waals surface area contributed by atoms with Gasteiger partial charge in [0.05, 0.1) is 5.39 Å². The van der Waals surface area contributed by atoms with E-state index in [1.165, 1.54) is 0 Å². The van der Waals surface area contributed by atoms with Crippen LogP contribution in [0.15, 0.2) is 27.6 Å². The molecule has 0 N–H and O–H groups in total. The van der Waals surface area contributed by atoms with E-state index in [1.807, 2.05) is 18.4 Å². The Hall–Kier alpha value is -3.03. The van der Waals surface area contributed by atoms with Gasteiger partial charge in [0, 0.05) is 25.0 Å². The Labute approximate surface area is 155 Å². The third kappa shape index (κ3) is 2.90. The van der Waals surface area contributed by atoms with Crippen LogP contribution in [-0.4, -0.2) is 37.0 Å². The quantitative estimate of drug-likeness (QED) is 0.705. The van der Waals surface area contributed by atoms with Gasteiger partial charge in [-0.25, -0.2) is 4.98 Å². The summed E-state index contributed by atoms with van der Waals surface area (Å²) in [7, 11) is 0. The third-order valence-corrected chi connectivity index (χ3v) is 4.97. The second-order valence-electron chi connectivity index (χ2n) is 6.82. The summed E-state index contributed by atoms with van der Waals surface area (Å²) in [4.78, 5) is 36.6. The molecule has 1 fully saturated rings. The number of carbonyl (C=O) groups excluding carboxylic acids is 1. The smallest absolute Gasteiger partial charge is 0.260 e. The zero-order chi connectivity index (χ0) is 19.1. The van der Waals surface area contributed by atoms with Gasteiger partial charge in [0.2, 0.25) is 11.3 Å². The number of nitrogens with zero attached hydrogens (tertiary/aromatic N) is 5. The summed E-state index contributed by atoms with van der Waals surface area (Å²) < 4.78 is 7.12. The van der Waals surface area contributed by atoms with Crippen LogP contribution >= 0.6 is 0 Å². The molecule has 1 aliphatic heterocycles. The number of hydrogen-bond donors (Lipinski definition) is 0. The molecule has 0 bridgehead atoms. The highest BCUT2D eigenvalue weighted by Gasteiger charge is 2.35. The number of aryl methyl sites for hydroxylation is 3. The van der Waals surface area contributed by atoms with Crippen molar-refractivity contribution in [3.05, 3.63) is 51.5 Å². The van der Waals surface area contributed by atoms with Crippen molar-refractivity contribution in [1.29, 1.82) is 0 Å². The normalized spacial score (nSPS) is 17.0. The summed E-state index contributed by atoms with van der Waals surface area (Å²) in [6.07, 6.45) is 3.19. The van der Waals surface area contributed by atoms with Crippen LogP contribution in [0.4, 0.5) is 0 Å². The van der Waals surface area contributed by atoms with Crippen molar-refractivity contribution in [2.24, 2.45) is 0 Å². The fourth-order valence-corrected chi connectivity index (χ4v) is 3.62. The fraction of sp³-hybridized carbons (Fsp3) is 0.421. The van der Waals surface area contributed by atoms with Crippen LogP contribution < -0.4 is 5.43 Å². The first-order valence-corrected chi connectivity index (χ1v) is 9.11. The Morgan fingerprint density at radius 1 is 1.30 bits per heavy atom. The summed E-state index contributed by atoms with van der Waals surface area (Å²) >= 11 is 0. The molecule has 3 aromatic rings. The van der Waals surface area contributed by atoms with Gasteiger partial charge < -0.3 is 14.0 Å². The van der Waals surface area contributed by atoms with Gasteiger partial charge in [-0.1, -0.05) is 5.16 Å². The molecule has 1 amide bonds. The zero-order valence-corrected chi connectivity index (χ0v) is 15.6. The molecular formula is C19H21N5O3. The van der Waals surface area contributed by atoms with E-state index in [4.69, 9.17) is 4.52 Å². The van der Waals surface area contributed by atoms with E-state index >= 15 is 0 Å². The Morgan fingerprint density at radius 3 is 2.81 bits per heavy atom. The molecule has 1 aliphatic rings. The molecule has 4 rings (SSSR count). The van der Waals surface area contributed by atoms with E-state index in [2.05, 4.69) is 15.1 Å². The number of rotatable bonds is 3. The summed E-state index contributed by atoms with van der Waals surface area (Å²) in [5.41, 5.74) is 1.29. The van der Waals surface area contributed by atoms with Crippen LogP contribution in [0, 0.1) is 13.8 Å². The second kappa shape index (κ2) is 6.61. The summed E-state index contributed by atoms with van der Waals surface area (Å²) in [6.45, 7) is 6.75. The molecule has 0 saturated carbocycles. The molecule has 1 saturated heterocycles. The lowest BCUT2D eigenvalue weighted by atomic mass is 10.1. The Balaban J connectivity index is 1.79. The van der Waals surface area contributed by atoms with Gasteiger partial charge in [0.1, 0.15) is 17.3 Å². The molecule has 0 aliphatic carbocycles. The van der Waals surface area contributed by atoms with Crippen LogP contribution in [0.5, 0.6) is 0 Å². The Kier molecular flexibility index (Phi) is 4.25. The molecule has 8 heteroatoms. The van der Waals surface area contributed by atoms with Crippen molar-refractivity contribution in [2.45, 2.75) is 46.2 Å².